The Morgan fingerprint density at radius 3 is 2.23 bits per heavy atom. The molecular weight excluding hydrogens is 630 g/mol. The summed E-state index contributed by atoms with van der Waals surface area (Å²) in [5.41, 5.74) is 3.27. The van der Waals surface area contributed by atoms with Crippen LogP contribution in [0.2, 0.25) is 10.0 Å². The number of aromatic nitrogens is 1. The number of carbonyl (C=O) groups excluding carboxylic acids is 1. The van der Waals surface area contributed by atoms with Crippen molar-refractivity contribution >= 4 is 51.9 Å². The Balaban J connectivity index is 1.50. The number of nitrogens with zero attached hydrogens (tertiary/aromatic N) is 2. The molecule has 4 aromatic rings. The van der Waals surface area contributed by atoms with Gasteiger partial charge in [0, 0.05) is 36.3 Å². The molecule has 0 spiro atoms. The maximum Gasteiger partial charge on any atom is 0.471 e. The number of aliphatic hydroxyl groups is 2. The van der Waals surface area contributed by atoms with Crippen molar-refractivity contribution in [2.24, 2.45) is 0 Å². The minimum atomic E-state index is -5.25. The second kappa shape index (κ2) is 14.2. The molecule has 44 heavy (non-hydrogen) atoms. The number of rotatable bonds is 13. The molecule has 0 unspecified atom stereocenters. The number of halogens is 5. The molecule has 1 atom stereocenters. The van der Waals surface area contributed by atoms with Gasteiger partial charge in [-0.2, -0.15) is 13.2 Å². The molecule has 0 bridgehead atoms. The molecule has 0 saturated heterocycles. The summed E-state index contributed by atoms with van der Waals surface area (Å²) in [4.78, 5) is 29.1. The van der Waals surface area contributed by atoms with Gasteiger partial charge in [-0.05, 0) is 48.0 Å². The first-order valence-corrected chi connectivity index (χ1v) is 13.8. The zero-order valence-corrected chi connectivity index (χ0v) is 24.3. The van der Waals surface area contributed by atoms with Crippen LogP contribution in [0.4, 0.5) is 18.9 Å². The predicted octanol–water partition coefficient (Wildman–Crippen LogP) is 4.85. The topological polar surface area (TPSA) is 145 Å². The van der Waals surface area contributed by atoms with Crippen LogP contribution < -0.4 is 15.0 Å². The number of aliphatic hydroxyl groups excluding tert-OH is 2. The van der Waals surface area contributed by atoms with Crippen LogP contribution in [0.3, 0.4) is 0 Å². The fourth-order valence-corrected chi connectivity index (χ4v) is 5.00. The van der Waals surface area contributed by atoms with Crippen LogP contribution in [0, 0.1) is 0 Å². The van der Waals surface area contributed by atoms with Gasteiger partial charge in [-0.3, -0.25) is 4.79 Å². The molecule has 0 aliphatic rings. The molecule has 0 fully saturated rings. The molecule has 0 aliphatic carbocycles. The lowest BCUT2D eigenvalue weighted by molar-refractivity contribution is -0.175. The molecule has 0 aliphatic heterocycles. The lowest BCUT2D eigenvalue weighted by atomic mass is 10.1. The molecule has 1 aromatic heterocycles. The lowest BCUT2D eigenvalue weighted by Gasteiger charge is -2.22. The number of aliphatic carboxylic acids is 1. The van der Waals surface area contributed by atoms with E-state index in [-0.39, 0.29) is 41.2 Å². The number of carbonyl (C=O) groups is 2. The van der Waals surface area contributed by atoms with E-state index in [4.69, 9.17) is 32.4 Å². The number of benzene rings is 3. The highest BCUT2D eigenvalue weighted by molar-refractivity contribution is 6.37. The summed E-state index contributed by atoms with van der Waals surface area (Å²) in [6, 6.07) is 13.2. The van der Waals surface area contributed by atoms with E-state index in [0.29, 0.717) is 41.2 Å². The number of ether oxygens (including phenoxy) is 1. The van der Waals surface area contributed by atoms with Crippen LogP contribution in [-0.4, -0.2) is 70.7 Å². The maximum absolute atomic E-state index is 12.6. The van der Waals surface area contributed by atoms with Crippen molar-refractivity contribution < 1.29 is 47.2 Å². The third-order valence-corrected chi connectivity index (χ3v) is 7.01. The minimum absolute atomic E-state index is 0.0271. The third-order valence-electron chi connectivity index (χ3n) is 6.45. The second-order valence-electron chi connectivity index (χ2n) is 9.51. The Labute approximate surface area is 258 Å². The van der Waals surface area contributed by atoms with E-state index in [1.54, 1.807) is 18.2 Å². The third kappa shape index (κ3) is 7.91. The summed E-state index contributed by atoms with van der Waals surface area (Å²) in [6.45, 7) is 0.557. The number of alkyl halides is 3. The Morgan fingerprint density at radius 1 is 1.02 bits per heavy atom. The Kier molecular flexibility index (Phi) is 10.6. The summed E-state index contributed by atoms with van der Waals surface area (Å²) in [6.07, 6.45) is -5.76. The number of anilines is 1. The first-order valence-electron chi connectivity index (χ1n) is 13.1. The van der Waals surface area contributed by atoms with Crippen LogP contribution in [-0.2, 0) is 22.6 Å². The van der Waals surface area contributed by atoms with Crippen LogP contribution >= 0.6 is 23.2 Å². The van der Waals surface area contributed by atoms with Gasteiger partial charge < -0.3 is 34.7 Å². The molecule has 4 N–H and O–H groups in total. The van der Waals surface area contributed by atoms with Crippen molar-refractivity contribution in [2.75, 3.05) is 31.2 Å². The normalized spacial score (nSPS) is 12.2. The lowest BCUT2D eigenvalue weighted by Crippen LogP contribution is -2.47. The largest absolute Gasteiger partial charge is 0.486 e. The van der Waals surface area contributed by atoms with E-state index < -0.39 is 30.5 Å². The number of hydrogen-bond donors (Lipinski definition) is 4. The van der Waals surface area contributed by atoms with Crippen LogP contribution in [0.15, 0.2) is 59.0 Å². The fourth-order valence-electron chi connectivity index (χ4n) is 4.36. The average molecular weight is 656 g/mol. The molecule has 3 aromatic carbocycles. The fraction of sp³-hybridized carbons (Fsp3) is 0.276. The molecule has 1 heterocycles. The number of carboxylic acids is 1. The van der Waals surface area contributed by atoms with Crippen LogP contribution in [0.25, 0.3) is 22.6 Å². The summed E-state index contributed by atoms with van der Waals surface area (Å²) in [5, 5.41) is 29.2. The SMILES string of the molecule is O=C(O)[C@H](Cc1cc(Cl)c(OCc2cccc3nc(-c4ccc(N(CCO)CCO)cc4)oc23)c(Cl)c1)NC(=O)C(F)(F)F. The van der Waals surface area contributed by atoms with Crippen molar-refractivity contribution in [3.05, 3.63) is 75.8 Å². The summed E-state index contributed by atoms with van der Waals surface area (Å²) < 4.78 is 49.7. The number of nitrogens with one attached hydrogen (secondary N) is 1. The van der Waals surface area contributed by atoms with Gasteiger partial charge in [0.2, 0.25) is 5.89 Å². The Morgan fingerprint density at radius 2 is 1.66 bits per heavy atom. The smallest absolute Gasteiger partial charge is 0.471 e. The number of para-hydroxylation sites is 1. The van der Waals surface area contributed by atoms with Crippen molar-refractivity contribution in [1.29, 1.82) is 0 Å². The van der Waals surface area contributed by atoms with Gasteiger partial charge in [0.25, 0.3) is 0 Å². The van der Waals surface area contributed by atoms with E-state index in [0.717, 1.165) is 5.69 Å². The minimum Gasteiger partial charge on any atom is -0.486 e. The van der Waals surface area contributed by atoms with Crippen LogP contribution in [0.5, 0.6) is 5.75 Å². The van der Waals surface area contributed by atoms with Gasteiger partial charge in [-0.25, -0.2) is 9.78 Å². The first kappa shape index (κ1) is 32.9. The van der Waals surface area contributed by atoms with Gasteiger partial charge in [-0.15, -0.1) is 0 Å². The summed E-state index contributed by atoms with van der Waals surface area (Å²) in [7, 11) is 0. The monoisotopic (exact) mass is 655 g/mol. The number of fused-ring (bicyclic) bond motifs is 1. The number of oxazole rings is 1. The summed E-state index contributed by atoms with van der Waals surface area (Å²) >= 11 is 12.7. The van der Waals surface area contributed by atoms with E-state index >= 15 is 0 Å². The van der Waals surface area contributed by atoms with E-state index in [2.05, 4.69) is 4.98 Å². The number of carboxylic acid groups (broad SMARTS) is 1. The molecule has 0 saturated carbocycles. The molecule has 15 heteroatoms. The van der Waals surface area contributed by atoms with Gasteiger partial charge in [0.05, 0.1) is 23.3 Å². The highest BCUT2D eigenvalue weighted by Gasteiger charge is 2.41. The number of amides is 1. The first-order chi connectivity index (χ1) is 20.9. The van der Waals surface area contributed by atoms with Crippen molar-refractivity contribution in [2.45, 2.75) is 25.2 Å². The van der Waals surface area contributed by atoms with Crippen molar-refractivity contribution in [3.8, 4) is 17.2 Å². The second-order valence-corrected chi connectivity index (χ2v) is 10.3. The molecular formula is C29H26Cl2F3N3O7. The maximum atomic E-state index is 12.6. The highest BCUT2D eigenvalue weighted by atomic mass is 35.5. The standard InChI is InChI=1S/C29H26Cl2F3N3O7/c30-20-12-16(14-23(27(40)41)36-28(42)29(32,33)34)13-21(31)25(20)43-15-18-2-1-3-22-24(18)44-26(35-22)17-4-6-19(7-5-17)37(8-10-38)9-11-39/h1-7,12-13,23,38-39H,8-11,14-15H2,(H,36,42)(H,40,41)/t23-/m0/s1. The molecule has 1 amide bonds. The van der Waals surface area contributed by atoms with Gasteiger partial charge in [-0.1, -0.05) is 35.3 Å². The van der Waals surface area contributed by atoms with E-state index in [1.807, 2.05) is 29.2 Å². The highest BCUT2D eigenvalue weighted by Crippen LogP contribution is 2.36. The van der Waals surface area contributed by atoms with Gasteiger partial charge in [0.15, 0.2) is 11.3 Å². The Bertz CT molecular complexity index is 1600. The quantitative estimate of drug-likeness (QED) is 0.159. The molecule has 4 rings (SSSR count). The summed E-state index contributed by atoms with van der Waals surface area (Å²) in [5.74, 6) is -3.66. The van der Waals surface area contributed by atoms with Gasteiger partial charge >= 0.3 is 18.1 Å². The molecule has 10 nitrogen and oxygen atoms in total. The zero-order chi connectivity index (χ0) is 32.0. The van der Waals surface area contributed by atoms with E-state index in [9.17, 15) is 38.1 Å². The number of hydrogen-bond acceptors (Lipinski definition) is 8. The molecule has 234 valence electrons. The van der Waals surface area contributed by atoms with Crippen molar-refractivity contribution in [3.63, 3.8) is 0 Å². The van der Waals surface area contributed by atoms with Gasteiger partial charge in [0.1, 0.15) is 18.2 Å². The van der Waals surface area contributed by atoms with Crippen molar-refractivity contribution in [1.82, 2.24) is 10.3 Å². The Hall–Kier alpha value is -4.04. The van der Waals surface area contributed by atoms with E-state index in [1.165, 1.54) is 17.4 Å². The zero-order valence-electron chi connectivity index (χ0n) is 22.8. The predicted molar refractivity (Wildman–Crippen MR) is 156 cm³/mol. The van der Waals surface area contributed by atoms with Crippen LogP contribution in [0.1, 0.15) is 11.1 Å². The molecule has 0 radical (unpaired) electrons. The average Bonchev–Trinajstić information content (AvgIpc) is 3.41.